The lowest BCUT2D eigenvalue weighted by molar-refractivity contribution is -0.142. The molecule has 0 aliphatic heterocycles. The number of aliphatic carboxylic acids is 1. The number of carbonyl (C=O) groups is 1. The zero-order chi connectivity index (χ0) is 14.7. The second-order valence-corrected chi connectivity index (χ2v) is 6.25. The van der Waals surface area contributed by atoms with Crippen LogP contribution in [0.2, 0.25) is 0 Å². The van der Waals surface area contributed by atoms with Crippen LogP contribution in [0.3, 0.4) is 0 Å². The molecule has 1 aliphatic rings. The first-order valence-corrected chi connectivity index (χ1v) is 8.05. The van der Waals surface area contributed by atoms with E-state index in [2.05, 4.69) is 10.3 Å². The number of hydrogen-bond donors (Lipinski definition) is 2. The quantitative estimate of drug-likeness (QED) is 0.887. The van der Waals surface area contributed by atoms with E-state index in [4.69, 9.17) is 9.52 Å². The maximum Gasteiger partial charge on any atom is 0.306 e. The molecule has 21 heavy (non-hydrogen) atoms. The van der Waals surface area contributed by atoms with Gasteiger partial charge in [-0.1, -0.05) is 0 Å². The Morgan fingerprint density at radius 3 is 2.90 bits per heavy atom. The Morgan fingerprint density at radius 1 is 1.43 bits per heavy atom. The number of furan rings is 1. The number of nitrogens with zero attached hydrogens (tertiary/aromatic N) is 1. The highest BCUT2D eigenvalue weighted by molar-refractivity contribution is 7.13. The Hall–Kier alpha value is -1.66. The maximum absolute atomic E-state index is 10.9. The molecule has 1 aliphatic carbocycles. The van der Waals surface area contributed by atoms with Gasteiger partial charge in [0.15, 0.2) is 10.8 Å². The van der Waals surface area contributed by atoms with Crippen LogP contribution in [0, 0.1) is 5.92 Å². The molecule has 1 fully saturated rings. The molecule has 0 radical (unpaired) electrons. The van der Waals surface area contributed by atoms with Gasteiger partial charge in [-0.05, 0) is 37.8 Å². The van der Waals surface area contributed by atoms with Crippen molar-refractivity contribution in [1.29, 1.82) is 0 Å². The van der Waals surface area contributed by atoms with Crippen molar-refractivity contribution in [3.63, 3.8) is 0 Å². The highest BCUT2D eigenvalue weighted by atomic mass is 32.1. The molecule has 0 aromatic carbocycles. The van der Waals surface area contributed by atoms with Crippen LogP contribution < -0.4 is 5.32 Å². The molecule has 0 unspecified atom stereocenters. The van der Waals surface area contributed by atoms with E-state index in [0.29, 0.717) is 6.04 Å². The van der Waals surface area contributed by atoms with E-state index >= 15 is 0 Å². The monoisotopic (exact) mass is 306 g/mol. The average Bonchev–Trinajstić information content (AvgIpc) is 3.16. The van der Waals surface area contributed by atoms with Crippen molar-refractivity contribution in [2.24, 2.45) is 5.92 Å². The fourth-order valence-electron chi connectivity index (χ4n) is 2.69. The molecule has 0 spiro atoms. The molecule has 0 bridgehead atoms. The summed E-state index contributed by atoms with van der Waals surface area (Å²) in [5.41, 5.74) is 1.01. The molecule has 2 aromatic rings. The van der Waals surface area contributed by atoms with Crippen molar-refractivity contribution < 1.29 is 14.3 Å². The third kappa shape index (κ3) is 3.51. The standard InChI is InChI=1S/C15H18N2O3S/c18-15(19)10-3-5-11(6-4-10)16-8-12-9-21-14(17-12)13-2-1-7-20-13/h1-2,7,9-11,16H,3-6,8H2,(H,18,19). The lowest BCUT2D eigenvalue weighted by Gasteiger charge is -2.26. The van der Waals surface area contributed by atoms with Crippen molar-refractivity contribution >= 4 is 17.3 Å². The SMILES string of the molecule is O=C(O)C1CCC(NCc2csc(-c3ccco3)n2)CC1. The summed E-state index contributed by atoms with van der Waals surface area (Å²) in [7, 11) is 0. The van der Waals surface area contributed by atoms with E-state index in [9.17, 15) is 4.79 Å². The van der Waals surface area contributed by atoms with Crippen LogP contribution in [-0.4, -0.2) is 22.1 Å². The summed E-state index contributed by atoms with van der Waals surface area (Å²) in [6.45, 7) is 0.722. The zero-order valence-electron chi connectivity index (χ0n) is 11.6. The Kier molecular flexibility index (Phi) is 4.36. The van der Waals surface area contributed by atoms with Crippen LogP contribution in [0.25, 0.3) is 10.8 Å². The Morgan fingerprint density at radius 2 is 2.24 bits per heavy atom. The van der Waals surface area contributed by atoms with Gasteiger partial charge < -0.3 is 14.8 Å². The summed E-state index contributed by atoms with van der Waals surface area (Å²) in [6, 6.07) is 4.16. The van der Waals surface area contributed by atoms with Gasteiger partial charge >= 0.3 is 5.97 Å². The van der Waals surface area contributed by atoms with Crippen molar-refractivity contribution in [2.45, 2.75) is 38.3 Å². The van der Waals surface area contributed by atoms with Gasteiger partial charge in [0.25, 0.3) is 0 Å². The third-order valence-corrected chi connectivity index (χ3v) is 4.84. The van der Waals surface area contributed by atoms with Crippen LogP contribution in [-0.2, 0) is 11.3 Å². The Bertz CT molecular complexity index is 586. The van der Waals surface area contributed by atoms with Gasteiger partial charge in [-0.15, -0.1) is 11.3 Å². The van der Waals surface area contributed by atoms with Crippen molar-refractivity contribution in [1.82, 2.24) is 10.3 Å². The fourth-order valence-corrected chi connectivity index (χ4v) is 3.48. The minimum absolute atomic E-state index is 0.159. The predicted octanol–water partition coefficient (Wildman–Crippen LogP) is 3.14. The van der Waals surface area contributed by atoms with Gasteiger partial charge in [-0.3, -0.25) is 4.79 Å². The smallest absolute Gasteiger partial charge is 0.306 e. The topological polar surface area (TPSA) is 75.4 Å². The van der Waals surface area contributed by atoms with Crippen LogP contribution in [0.1, 0.15) is 31.4 Å². The van der Waals surface area contributed by atoms with Gasteiger partial charge in [0.2, 0.25) is 0 Å². The summed E-state index contributed by atoms with van der Waals surface area (Å²) < 4.78 is 5.33. The minimum atomic E-state index is -0.656. The molecule has 1 saturated carbocycles. The number of thiazole rings is 1. The van der Waals surface area contributed by atoms with E-state index in [1.54, 1.807) is 17.6 Å². The summed E-state index contributed by atoms with van der Waals surface area (Å²) in [5.74, 6) is -0.0165. The van der Waals surface area contributed by atoms with Gasteiger partial charge in [0.1, 0.15) is 0 Å². The third-order valence-electron chi connectivity index (χ3n) is 3.93. The number of hydrogen-bond acceptors (Lipinski definition) is 5. The molecular formula is C15H18N2O3S. The van der Waals surface area contributed by atoms with Gasteiger partial charge in [0.05, 0.1) is 17.9 Å². The molecule has 2 aromatic heterocycles. The second kappa shape index (κ2) is 6.41. The number of nitrogens with one attached hydrogen (secondary N) is 1. The molecule has 2 heterocycles. The van der Waals surface area contributed by atoms with E-state index in [-0.39, 0.29) is 5.92 Å². The molecule has 0 amide bonds. The highest BCUT2D eigenvalue weighted by Crippen LogP contribution is 2.26. The minimum Gasteiger partial charge on any atom is -0.481 e. The van der Waals surface area contributed by atoms with Crippen LogP contribution in [0.5, 0.6) is 0 Å². The molecule has 6 heteroatoms. The maximum atomic E-state index is 10.9. The predicted molar refractivity (Wildman–Crippen MR) is 80.0 cm³/mol. The first-order valence-electron chi connectivity index (χ1n) is 7.17. The largest absolute Gasteiger partial charge is 0.481 e. The molecule has 0 atom stereocenters. The number of rotatable bonds is 5. The van der Waals surface area contributed by atoms with E-state index in [0.717, 1.165) is 48.7 Å². The van der Waals surface area contributed by atoms with Crippen molar-refractivity contribution in [2.75, 3.05) is 0 Å². The van der Waals surface area contributed by atoms with Crippen molar-refractivity contribution in [3.8, 4) is 10.8 Å². The first-order chi connectivity index (χ1) is 10.2. The van der Waals surface area contributed by atoms with Gasteiger partial charge in [-0.2, -0.15) is 0 Å². The Labute approximate surface area is 127 Å². The normalized spacial score (nSPS) is 22.3. The molecule has 3 rings (SSSR count). The van der Waals surface area contributed by atoms with Crippen molar-refractivity contribution in [3.05, 3.63) is 29.5 Å². The Balaban J connectivity index is 1.49. The van der Waals surface area contributed by atoms with Crippen LogP contribution >= 0.6 is 11.3 Å². The van der Waals surface area contributed by atoms with E-state index < -0.39 is 5.97 Å². The summed E-state index contributed by atoms with van der Waals surface area (Å²) in [5, 5.41) is 15.4. The molecule has 0 saturated heterocycles. The summed E-state index contributed by atoms with van der Waals surface area (Å²) in [4.78, 5) is 15.5. The van der Waals surface area contributed by atoms with Gasteiger partial charge in [0, 0.05) is 18.0 Å². The molecule has 2 N–H and O–H groups in total. The van der Waals surface area contributed by atoms with Crippen LogP contribution in [0.4, 0.5) is 0 Å². The first kappa shape index (κ1) is 14.3. The number of carboxylic acids is 1. The summed E-state index contributed by atoms with van der Waals surface area (Å²) in [6.07, 6.45) is 5.03. The zero-order valence-corrected chi connectivity index (χ0v) is 12.4. The second-order valence-electron chi connectivity index (χ2n) is 5.39. The van der Waals surface area contributed by atoms with E-state index in [1.807, 2.05) is 17.5 Å². The molecule has 5 nitrogen and oxygen atoms in total. The lowest BCUT2D eigenvalue weighted by Crippen LogP contribution is -2.34. The average molecular weight is 306 g/mol. The number of aromatic nitrogens is 1. The molecule has 112 valence electrons. The summed E-state index contributed by atoms with van der Waals surface area (Å²) >= 11 is 1.58. The highest BCUT2D eigenvalue weighted by Gasteiger charge is 2.25. The fraction of sp³-hybridized carbons (Fsp3) is 0.467. The lowest BCUT2D eigenvalue weighted by atomic mass is 9.86. The van der Waals surface area contributed by atoms with E-state index in [1.165, 1.54) is 0 Å². The van der Waals surface area contributed by atoms with Crippen LogP contribution in [0.15, 0.2) is 28.2 Å². The van der Waals surface area contributed by atoms with Gasteiger partial charge in [-0.25, -0.2) is 4.98 Å². The number of carboxylic acid groups (broad SMARTS) is 1. The molecular weight excluding hydrogens is 288 g/mol.